The van der Waals surface area contributed by atoms with E-state index in [-0.39, 0.29) is 11.8 Å². The van der Waals surface area contributed by atoms with Gasteiger partial charge < -0.3 is 4.90 Å². The molecule has 3 aromatic rings. The number of likely N-dealkylation sites (tertiary alicyclic amines) is 1. The molecule has 0 bridgehead atoms. The van der Waals surface area contributed by atoms with Crippen molar-refractivity contribution in [2.45, 2.75) is 25.7 Å². The Kier molecular flexibility index (Phi) is 3.29. The fraction of sp³-hybridized carbons (Fsp3) is 0.400. The van der Waals surface area contributed by atoms with Gasteiger partial charge in [0, 0.05) is 25.2 Å². The zero-order valence-corrected chi connectivity index (χ0v) is 12.8. The molecular weight excluding hydrogens is 294 g/mol. The van der Waals surface area contributed by atoms with Crippen LogP contribution in [-0.2, 0) is 0 Å². The maximum Gasteiger partial charge on any atom is 0.271 e. The summed E-state index contributed by atoms with van der Waals surface area (Å²) in [5.41, 5.74) is 2.24. The average molecular weight is 311 g/mol. The Balaban J connectivity index is 1.51. The van der Waals surface area contributed by atoms with E-state index < -0.39 is 0 Å². The summed E-state index contributed by atoms with van der Waals surface area (Å²) in [6, 6.07) is 5.56. The van der Waals surface area contributed by atoms with E-state index in [1.807, 2.05) is 28.5 Å². The molecule has 4 rings (SSSR count). The molecule has 118 valence electrons. The molecule has 3 aromatic heterocycles. The molecule has 8 heteroatoms. The quantitative estimate of drug-likeness (QED) is 0.767. The molecule has 23 heavy (non-hydrogen) atoms. The van der Waals surface area contributed by atoms with Gasteiger partial charge in [0.1, 0.15) is 5.69 Å². The van der Waals surface area contributed by atoms with Crippen LogP contribution in [0.3, 0.4) is 0 Å². The van der Waals surface area contributed by atoms with Gasteiger partial charge in [-0.05, 0) is 38.0 Å². The van der Waals surface area contributed by atoms with E-state index in [0.717, 1.165) is 30.0 Å². The Morgan fingerprint density at radius 3 is 2.78 bits per heavy atom. The molecule has 0 unspecified atom stereocenters. The first-order valence-corrected chi connectivity index (χ1v) is 7.70. The largest absolute Gasteiger partial charge is 0.337 e. The molecule has 0 aliphatic carbocycles. The molecule has 0 saturated carbocycles. The predicted octanol–water partition coefficient (Wildman–Crippen LogP) is 1.18. The van der Waals surface area contributed by atoms with Crippen molar-refractivity contribution in [3.05, 3.63) is 41.6 Å². The van der Waals surface area contributed by atoms with E-state index in [1.165, 1.54) is 0 Å². The number of carbonyl (C=O) groups is 1. The van der Waals surface area contributed by atoms with Crippen LogP contribution in [-0.4, -0.2) is 53.9 Å². The molecule has 0 spiro atoms. The van der Waals surface area contributed by atoms with Gasteiger partial charge in [-0.1, -0.05) is 0 Å². The number of aromatic amines is 1. The van der Waals surface area contributed by atoms with E-state index in [9.17, 15) is 4.79 Å². The number of hydrogen-bond donors (Lipinski definition) is 1. The molecular formula is C15H17N7O. The lowest BCUT2D eigenvalue weighted by Gasteiger charge is -2.30. The van der Waals surface area contributed by atoms with Gasteiger partial charge in [0.2, 0.25) is 0 Å². The first-order chi connectivity index (χ1) is 11.2. The highest BCUT2D eigenvalue weighted by molar-refractivity contribution is 5.92. The van der Waals surface area contributed by atoms with E-state index in [1.54, 1.807) is 12.3 Å². The van der Waals surface area contributed by atoms with Gasteiger partial charge in [-0.25, -0.2) is 0 Å². The van der Waals surface area contributed by atoms with Crippen LogP contribution < -0.4 is 0 Å². The summed E-state index contributed by atoms with van der Waals surface area (Å²) in [4.78, 5) is 14.2. The van der Waals surface area contributed by atoms with Crippen molar-refractivity contribution in [2.24, 2.45) is 0 Å². The van der Waals surface area contributed by atoms with Crippen LogP contribution in [0.25, 0.3) is 5.65 Å². The third-order valence-electron chi connectivity index (χ3n) is 4.30. The SMILES string of the molecule is Cc1ccc2nnc(C3CCN(C(=O)c4ccn[nH]4)CC3)n2n1. The van der Waals surface area contributed by atoms with Crippen LogP contribution in [0.1, 0.15) is 40.8 Å². The van der Waals surface area contributed by atoms with Crippen molar-refractivity contribution in [1.82, 2.24) is 34.9 Å². The van der Waals surface area contributed by atoms with Crippen LogP contribution >= 0.6 is 0 Å². The summed E-state index contributed by atoms with van der Waals surface area (Å²) < 4.78 is 1.83. The van der Waals surface area contributed by atoms with Gasteiger partial charge in [0.15, 0.2) is 11.5 Å². The topological polar surface area (TPSA) is 92.1 Å². The summed E-state index contributed by atoms with van der Waals surface area (Å²) in [7, 11) is 0. The van der Waals surface area contributed by atoms with Crippen molar-refractivity contribution in [3.63, 3.8) is 0 Å². The number of fused-ring (bicyclic) bond motifs is 1. The zero-order chi connectivity index (χ0) is 15.8. The van der Waals surface area contributed by atoms with Crippen LogP contribution in [0.4, 0.5) is 0 Å². The molecule has 0 aromatic carbocycles. The molecule has 1 aliphatic rings. The van der Waals surface area contributed by atoms with E-state index in [0.29, 0.717) is 18.8 Å². The van der Waals surface area contributed by atoms with Gasteiger partial charge in [-0.2, -0.15) is 14.7 Å². The Morgan fingerprint density at radius 1 is 1.22 bits per heavy atom. The summed E-state index contributed by atoms with van der Waals surface area (Å²) in [6.45, 7) is 3.35. The van der Waals surface area contributed by atoms with Crippen LogP contribution in [0.15, 0.2) is 24.4 Å². The number of H-pyrrole nitrogens is 1. The first kappa shape index (κ1) is 13.9. The minimum absolute atomic E-state index is 0.000945. The lowest BCUT2D eigenvalue weighted by atomic mass is 9.96. The van der Waals surface area contributed by atoms with Gasteiger partial charge in [0.05, 0.1) is 5.69 Å². The number of aryl methyl sites for hydroxylation is 1. The third-order valence-corrected chi connectivity index (χ3v) is 4.30. The third kappa shape index (κ3) is 2.45. The van der Waals surface area contributed by atoms with Crippen LogP contribution in [0.2, 0.25) is 0 Å². The standard InChI is InChI=1S/C15H17N7O/c1-10-2-3-13-18-19-14(22(13)20-10)11-5-8-21(9-6-11)15(23)12-4-7-16-17-12/h2-4,7,11H,5-6,8-9H2,1H3,(H,16,17). The Hall–Kier alpha value is -2.77. The Morgan fingerprint density at radius 2 is 2.04 bits per heavy atom. The number of carbonyl (C=O) groups excluding carboxylic acids is 1. The summed E-state index contributed by atoms with van der Waals surface area (Å²) in [5.74, 6) is 1.16. The second-order valence-electron chi connectivity index (χ2n) is 5.84. The number of nitrogens with one attached hydrogen (secondary N) is 1. The van der Waals surface area contributed by atoms with Crippen molar-refractivity contribution in [1.29, 1.82) is 0 Å². The van der Waals surface area contributed by atoms with Crippen molar-refractivity contribution >= 4 is 11.6 Å². The second kappa shape index (κ2) is 5.45. The van der Waals surface area contributed by atoms with Gasteiger partial charge in [-0.15, -0.1) is 10.2 Å². The zero-order valence-electron chi connectivity index (χ0n) is 12.8. The number of aromatic nitrogens is 6. The molecule has 8 nitrogen and oxygen atoms in total. The molecule has 1 N–H and O–H groups in total. The highest BCUT2D eigenvalue weighted by Crippen LogP contribution is 2.27. The minimum Gasteiger partial charge on any atom is -0.337 e. The first-order valence-electron chi connectivity index (χ1n) is 7.70. The number of nitrogens with zero attached hydrogens (tertiary/aromatic N) is 6. The Bertz CT molecular complexity index is 831. The summed E-state index contributed by atoms with van der Waals surface area (Å²) in [6.07, 6.45) is 3.31. The van der Waals surface area contributed by atoms with Gasteiger partial charge >= 0.3 is 0 Å². The minimum atomic E-state index is 0.000945. The van der Waals surface area contributed by atoms with E-state index in [2.05, 4.69) is 25.5 Å². The summed E-state index contributed by atoms with van der Waals surface area (Å²) >= 11 is 0. The number of amides is 1. The van der Waals surface area contributed by atoms with Crippen molar-refractivity contribution in [2.75, 3.05) is 13.1 Å². The van der Waals surface area contributed by atoms with E-state index in [4.69, 9.17) is 0 Å². The van der Waals surface area contributed by atoms with Crippen LogP contribution in [0.5, 0.6) is 0 Å². The van der Waals surface area contributed by atoms with Crippen LogP contribution in [0, 0.1) is 6.92 Å². The van der Waals surface area contributed by atoms with Crippen molar-refractivity contribution in [3.8, 4) is 0 Å². The normalized spacial score (nSPS) is 16.1. The Labute approximate surface area is 132 Å². The molecule has 1 amide bonds. The smallest absolute Gasteiger partial charge is 0.271 e. The number of rotatable bonds is 2. The summed E-state index contributed by atoms with van der Waals surface area (Å²) in [5, 5.41) is 19.6. The fourth-order valence-electron chi connectivity index (χ4n) is 3.04. The second-order valence-corrected chi connectivity index (χ2v) is 5.84. The average Bonchev–Trinajstić information content (AvgIpc) is 3.24. The van der Waals surface area contributed by atoms with Gasteiger partial charge in [-0.3, -0.25) is 9.89 Å². The molecule has 1 saturated heterocycles. The monoisotopic (exact) mass is 311 g/mol. The maximum atomic E-state index is 12.3. The van der Waals surface area contributed by atoms with Gasteiger partial charge in [0.25, 0.3) is 5.91 Å². The highest BCUT2D eigenvalue weighted by atomic mass is 16.2. The molecule has 0 radical (unpaired) electrons. The predicted molar refractivity (Wildman–Crippen MR) is 82.0 cm³/mol. The fourth-order valence-corrected chi connectivity index (χ4v) is 3.04. The molecule has 1 fully saturated rings. The molecule has 4 heterocycles. The number of hydrogen-bond acceptors (Lipinski definition) is 5. The molecule has 0 atom stereocenters. The number of piperidine rings is 1. The molecule has 1 aliphatic heterocycles. The lowest BCUT2D eigenvalue weighted by molar-refractivity contribution is 0.0704. The lowest BCUT2D eigenvalue weighted by Crippen LogP contribution is -2.38. The highest BCUT2D eigenvalue weighted by Gasteiger charge is 2.28. The van der Waals surface area contributed by atoms with Crippen molar-refractivity contribution < 1.29 is 4.79 Å². The maximum absolute atomic E-state index is 12.3. The van der Waals surface area contributed by atoms with E-state index >= 15 is 0 Å².